The molecule has 7 heteroatoms. The van der Waals surface area contributed by atoms with Gasteiger partial charge in [-0.1, -0.05) is 93.3 Å². The normalized spacial score (nSPS) is 17.1. The van der Waals surface area contributed by atoms with Crippen LogP contribution in [0.2, 0.25) is 0 Å². The molecule has 0 aromatic heterocycles. The summed E-state index contributed by atoms with van der Waals surface area (Å²) < 4.78 is 87.7. The molecule has 0 radical (unpaired) electrons. The van der Waals surface area contributed by atoms with Gasteiger partial charge in [-0.25, -0.2) is 17.6 Å². The van der Waals surface area contributed by atoms with Crippen LogP contribution in [0.25, 0.3) is 28.3 Å². The number of alkyl halides is 2. The standard InChI is InChI=1S/C38H36F6O/c1-2-3-4-5-25-6-10-27(11-7-25)28-14-16-29(17-15-28)31-18-19-33(34(39)22-31)30-12-8-26(9-13-30)20-21-38(43,44)45-32-23-35(40)37(42)36(41)24-32/h8-9,12-25,27H,2-7,10-11H2,1H3/b21-20+. The van der Waals surface area contributed by atoms with Crippen molar-refractivity contribution in [3.05, 3.63) is 119 Å². The zero-order valence-electron chi connectivity index (χ0n) is 25.1. The van der Waals surface area contributed by atoms with Gasteiger partial charge in [-0.05, 0) is 77.5 Å². The molecule has 4 aromatic rings. The summed E-state index contributed by atoms with van der Waals surface area (Å²) >= 11 is 0. The predicted octanol–water partition coefficient (Wildman–Crippen LogP) is 12.1. The van der Waals surface area contributed by atoms with Crippen molar-refractivity contribution < 1.29 is 31.1 Å². The fourth-order valence-electron chi connectivity index (χ4n) is 6.09. The first-order valence-corrected chi connectivity index (χ1v) is 15.5. The number of ether oxygens (including phenoxy) is 1. The Morgan fingerprint density at radius 2 is 1.33 bits per heavy atom. The number of benzene rings is 4. The van der Waals surface area contributed by atoms with E-state index in [1.54, 1.807) is 18.2 Å². The zero-order valence-corrected chi connectivity index (χ0v) is 25.1. The van der Waals surface area contributed by atoms with Crippen molar-refractivity contribution in [1.82, 2.24) is 0 Å². The van der Waals surface area contributed by atoms with Crippen LogP contribution in [0, 0.1) is 29.2 Å². The fourth-order valence-corrected chi connectivity index (χ4v) is 6.09. The minimum atomic E-state index is -3.93. The number of hydrogen-bond acceptors (Lipinski definition) is 1. The highest BCUT2D eigenvalue weighted by Crippen LogP contribution is 2.38. The minimum Gasteiger partial charge on any atom is -0.429 e. The highest BCUT2D eigenvalue weighted by molar-refractivity contribution is 5.72. The first kappa shape index (κ1) is 32.4. The number of rotatable bonds is 11. The van der Waals surface area contributed by atoms with E-state index in [1.807, 2.05) is 6.07 Å². The summed E-state index contributed by atoms with van der Waals surface area (Å²) in [6.45, 7) is 2.25. The third-order valence-electron chi connectivity index (χ3n) is 8.65. The summed E-state index contributed by atoms with van der Waals surface area (Å²) in [6, 6.07) is 20.5. The summed E-state index contributed by atoms with van der Waals surface area (Å²) in [4.78, 5) is 0. The van der Waals surface area contributed by atoms with Gasteiger partial charge in [0.2, 0.25) is 0 Å². The highest BCUT2D eigenvalue weighted by Gasteiger charge is 2.29. The van der Waals surface area contributed by atoms with E-state index in [4.69, 9.17) is 0 Å². The maximum absolute atomic E-state index is 15.2. The van der Waals surface area contributed by atoms with E-state index in [1.165, 1.54) is 75.1 Å². The lowest BCUT2D eigenvalue weighted by Crippen LogP contribution is -2.21. The number of unbranched alkanes of at least 4 members (excludes halogenated alkanes) is 2. The molecule has 0 heterocycles. The molecule has 236 valence electrons. The van der Waals surface area contributed by atoms with Crippen LogP contribution in [-0.4, -0.2) is 6.11 Å². The molecule has 1 nitrogen and oxygen atoms in total. The molecule has 0 aliphatic heterocycles. The Morgan fingerprint density at radius 1 is 0.711 bits per heavy atom. The monoisotopic (exact) mass is 622 g/mol. The summed E-state index contributed by atoms with van der Waals surface area (Å²) in [6.07, 6.45) is 7.86. The Balaban J connectivity index is 1.19. The van der Waals surface area contributed by atoms with Crippen LogP contribution >= 0.6 is 0 Å². The summed E-state index contributed by atoms with van der Waals surface area (Å²) in [7, 11) is 0. The molecule has 1 aliphatic rings. The van der Waals surface area contributed by atoms with Gasteiger partial charge in [0.1, 0.15) is 11.6 Å². The smallest absolute Gasteiger partial charge is 0.419 e. The second kappa shape index (κ2) is 14.4. The molecule has 0 amide bonds. The lowest BCUT2D eigenvalue weighted by atomic mass is 9.77. The molecule has 1 aliphatic carbocycles. The Morgan fingerprint density at radius 3 is 1.96 bits per heavy atom. The second-order valence-corrected chi connectivity index (χ2v) is 11.9. The van der Waals surface area contributed by atoms with E-state index < -0.39 is 35.1 Å². The van der Waals surface area contributed by atoms with Crippen LogP contribution in [-0.2, 0) is 0 Å². The molecule has 1 saturated carbocycles. The highest BCUT2D eigenvalue weighted by atomic mass is 19.3. The summed E-state index contributed by atoms with van der Waals surface area (Å²) in [5, 5.41) is 0. The van der Waals surface area contributed by atoms with Gasteiger partial charge in [-0.15, -0.1) is 0 Å². The van der Waals surface area contributed by atoms with Crippen LogP contribution in [0.4, 0.5) is 26.3 Å². The van der Waals surface area contributed by atoms with Gasteiger partial charge >= 0.3 is 6.11 Å². The molecule has 0 spiro atoms. The van der Waals surface area contributed by atoms with Gasteiger partial charge in [0, 0.05) is 23.8 Å². The Kier molecular flexibility index (Phi) is 10.4. The lowest BCUT2D eigenvalue weighted by molar-refractivity contribution is -0.131. The van der Waals surface area contributed by atoms with Crippen LogP contribution in [0.15, 0.2) is 84.9 Å². The molecule has 0 saturated heterocycles. The molecular formula is C38H36F6O. The average Bonchev–Trinajstić information content (AvgIpc) is 3.03. The molecule has 4 aromatic carbocycles. The first-order chi connectivity index (χ1) is 21.6. The Hall–Kier alpha value is -4.00. The van der Waals surface area contributed by atoms with Crippen molar-refractivity contribution in [3.8, 4) is 28.0 Å². The van der Waals surface area contributed by atoms with Crippen molar-refractivity contribution in [1.29, 1.82) is 0 Å². The van der Waals surface area contributed by atoms with Crippen LogP contribution in [0.1, 0.15) is 75.3 Å². The van der Waals surface area contributed by atoms with E-state index in [-0.39, 0.29) is 0 Å². The van der Waals surface area contributed by atoms with Gasteiger partial charge in [0.25, 0.3) is 0 Å². The van der Waals surface area contributed by atoms with E-state index in [9.17, 15) is 22.0 Å². The molecule has 5 rings (SSSR count). The number of hydrogen-bond donors (Lipinski definition) is 0. The molecule has 0 bridgehead atoms. The van der Waals surface area contributed by atoms with Crippen molar-refractivity contribution >= 4 is 6.08 Å². The third-order valence-corrected chi connectivity index (χ3v) is 8.65. The van der Waals surface area contributed by atoms with E-state index in [0.717, 1.165) is 23.1 Å². The molecule has 0 atom stereocenters. The van der Waals surface area contributed by atoms with Crippen molar-refractivity contribution in [3.63, 3.8) is 0 Å². The molecular weight excluding hydrogens is 586 g/mol. The van der Waals surface area contributed by atoms with Crippen molar-refractivity contribution in [2.45, 2.75) is 70.3 Å². The zero-order chi connectivity index (χ0) is 32.0. The van der Waals surface area contributed by atoms with Gasteiger partial charge in [-0.2, -0.15) is 8.78 Å². The van der Waals surface area contributed by atoms with Crippen molar-refractivity contribution in [2.75, 3.05) is 0 Å². The lowest BCUT2D eigenvalue weighted by Gasteiger charge is -2.29. The molecule has 0 N–H and O–H groups in total. The Bertz CT molecular complexity index is 1580. The summed E-state index contributed by atoms with van der Waals surface area (Å²) in [5.74, 6) is -4.87. The van der Waals surface area contributed by atoms with Crippen LogP contribution in [0.3, 0.4) is 0 Å². The van der Waals surface area contributed by atoms with E-state index >= 15 is 4.39 Å². The second-order valence-electron chi connectivity index (χ2n) is 11.9. The van der Waals surface area contributed by atoms with Gasteiger partial charge < -0.3 is 4.74 Å². The van der Waals surface area contributed by atoms with Crippen LogP contribution < -0.4 is 4.74 Å². The SMILES string of the molecule is CCCCCC1CCC(c2ccc(-c3ccc(-c4ccc(/C=C/C(F)(F)Oc5cc(F)c(F)c(F)c5)cc4)c(F)c3)cc2)CC1. The van der Waals surface area contributed by atoms with Crippen molar-refractivity contribution in [2.24, 2.45) is 5.92 Å². The maximum Gasteiger partial charge on any atom is 0.419 e. The molecule has 0 unspecified atom stereocenters. The maximum atomic E-state index is 15.2. The summed E-state index contributed by atoms with van der Waals surface area (Å²) in [5.41, 5.74) is 4.35. The van der Waals surface area contributed by atoms with Crippen LogP contribution in [0.5, 0.6) is 5.75 Å². The fraction of sp³-hybridized carbons (Fsp3) is 0.316. The predicted molar refractivity (Wildman–Crippen MR) is 167 cm³/mol. The largest absolute Gasteiger partial charge is 0.429 e. The van der Waals surface area contributed by atoms with Gasteiger partial charge in [-0.3, -0.25) is 0 Å². The van der Waals surface area contributed by atoms with E-state index in [0.29, 0.717) is 40.8 Å². The average molecular weight is 623 g/mol. The molecule has 1 fully saturated rings. The number of halogens is 6. The minimum absolute atomic E-state index is 0.338. The quantitative estimate of drug-likeness (QED) is 0.0919. The molecule has 45 heavy (non-hydrogen) atoms. The van der Waals surface area contributed by atoms with Gasteiger partial charge in [0.05, 0.1) is 0 Å². The Labute approximate surface area is 260 Å². The first-order valence-electron chi connectivity index (χ1n) is 15.5. The van der Waals surface area contributed by atoms with Gasteiger partial charge in [0.15, 0.2) is 17.5 Å². The van der Waals surface area contributed by atoms with E-state index in [2.05, 4.69) is 35.9 Å². The topological polar surface area (TPSA) is 9.23 Å². The third kappa shape index (κ3) is 8.38.